The quantitative estimate of drug-likeness (QED) is 0.383. The van der Waals surface area contributed by atoms with Crippen molar-refractivity contribution in [1.82, 2.24) is 4.68 Å². The first-order valence-corrected chi connectivity index (χ1v) is 11.9. The van der Waals surface area contributed by atoms with Crippen molar-refractivity contribution in [3.63, 3.8) is 0 Å². The Labute approximate surface area is 194 Å². The monoisotopic (exact) mass is 480 g/mol. The lowest BCUT2D eigenvalue weighted by molar-refractivity contribution is 0.369. The van der Waals surface area contributed by atoms with Crippen molar-refractivity contribution >= 4 is 38.1 Å². The van der Waals surface area contributed by atoms with Crippen LogP contribution < -0.4 is 26.8 Å². The predicted molar refractivity (Wildman–Crippen MR) is 126 cm³/mol. The van der Waals surface area contributed by atoms with Gasteiger partial charge in [0, 0.05) is 11.9 Å². The van der Waals surface area contributed by atoms with Gasteiger partial charge in [0.15, 0.2) is 12.4 Å². The second kappa shape index (κ2) is 7.96. The number of aromatic hydroxyl groups is 1. The second-order valence-corrected chi connectivity index (χ2v) is 9.57. The Bertz CT molecular complexity index is 1570. The van der Waals surface area contributed by atoms with Crippen LogP contribution in [0.2, 0.25) is 0 Å². The minimum absolute atomic E-state index is 0.0181. The molecule has 0 bridgehead atoms. The largest absolute Gasteiger partial charge is 0.506 e. The average molecular weight is 481 g/mol. The number of hydrogen-bond acceptors (Lipinski definition) is 9. The van der Waals surface area contributed by atoms with Crippen LogP contribution in [0, 0.1) is 17.2 Å². The number of anilines is 2. The Morgan fingerprint density at radius 1 is 1.29 bits per heavy atom. The number of nitrogens with zero attached hydrogens (tertiary/aromatic N) is 3. The highest BCUT2D eigenvalue weighted by Gasteiger charge is 2.33. The molecule has 1 aliphatic carbocycles. The highest BCUT2D eigenvalue weighted by Crippen LogP contribution is 2.39. The van der Waals surface area contributed by atoms with Gasteiger partial charge in [-0.05, 0) is 43.0 Å². The van der Waals surface area contributed by atoms with Gasteiger partial charge in [-0.25, -0.2) is 4.68 Å². The predicted octanol–water partition coefficient (Wildman–Crippen LogP) is 1.71. The summed E-state index contributed by atoms with van der Waals surface area (Å²) in [6.45, 7) is 0.250. The van der Waals surface area contributed by atoms with Crippen molar-refractivity contribution < 1.29 is 18.3 Å². The molecule has 1 saturated carbocycles. The maximum absolute atomic E-state index is 13.4. The van der Waals surface area contributed by atoms with E-state index in [1.54, 1.807) is 30.3 Å². The smallest absolute Gasteiger partial charge is 0.288 e. The van der Waals surface area contributed by atoms with Gasteiger partial charge in [-0.3, -0.25) is 4.79 Å². The fourth-order valence-electron chi connectivity index (χ4n) is 3.86. The number of ether oxygens (including phenoxy) is 1. The number of nitriles is 1. The fourth-order valence-corrected chi connectivity index (χ4v) is 5.10. The summed E-state index contributed by atoms with van der Waals surface area (Å²) in [4.78, 5) is 13.1. The molecule has 1 aliphatic heterocycles. The van der Waals surface area contributed by atoms with Gasteiger partial charge in [0.05, 0.1) is 16.9 Å². The molecule has 11 nitrogen and oxygen atoms in total. The van der Waals surface area contributed by atoms with E-state index in [0.717, 1.165) is 12.8 Å². The average Bonchev–Trinajstić information content (AvgIpc) is 3.62. The number of sulfonamides is 1. The summed E-state index contributed by atoms with van der Waals surface area (Å²) in [5.74, 6) is -0.241. The van der Waals surface area contributed by atoms with Crippen LogP contribution in [0.15, 0.2) is 50.5 Å². The van der Waals surface area contributed by atoms with E-state index in [2.05, 4.69) is 15.1 Å². The first-order chi connectivity index (χ1) is 16.3. The standard InChI is InChI=1S/C22H20N6O5S/c23-9-10-33-16-8-7-14-20(18(16)24)34(31,32)27-21(26-14)17-19(29)13-3-1-2-4-15(13)28(22(17)30)25-11-12-5-6-12/h1-4,7-8,12,25,29H,5-6,10-11,24H2,(H,26,27). The second-order valence-electron chi connectivity index (χ2n) is 8.03. The molecular weight excluding hydrogens is 460 g/mol. The zero-order valence-electron chi connectivity index (χ0n) is 17.8. The van der Waals surface area contributed by atoms with Gasteiger partial charge in [0.1, 0.15) is 28.0 Å². The van der Waals surface area contributed by atoms with E-state index < -0.39 is 21.3 Å². The molecule has 1 fully saturated rings. The minimum Gasteiger partial charge on any atom is -0.506 e. The lowest BCUT2D eigenvalue weighted by atomic mass is 10.1. The molecule has 12 heteroatoms. The van der Waals surface area contributed by atoms with Crippen LogP contribution in [-0.2, 0) is 10.0 Å². The maximum Gasteiger partial charge on any atom is 0.288 e. The van der Waals surface area contributed by atoms with Crippen molar-refractivity contribution in [3.05, 3.63) is 52.3 Å². The van der Waals surface area contributed by atoms with E-state index in [-0.39, 0.29) is 40.0 Å². The zero-order valence-corrected chi connectivity index (χ0v) is 18.6. The molecule has 5 N–H and O–H groups in total. The van der Waals surface area contributed by atoms with E-state index >= 15 is 0 Å². The molecule has 1 aromatic heterocycles. The molecule has 0 unspecified atom stereocenters. The number of hydrogen-bond donors (Lipinski definition) is 4. The summed E-state index contributed by atoms with van der Waals surface area (Å²) in [6, 6.07) is 11.3. The molecule has 0 radical (unpaired) electrons. The van der Waals surface area contributed by atoms with Crippen molar-refractivity contribution in [2.24, 2.45) is 10.3 Å². The Hall–Kier alpha value is -4.24. The Kier molecular flexibility index (Phi) is 5.06. The molecule has 0 spiro atoms. The molecule has 34 heavy (non-hydrogen) atoms. The van der Waals surface area contributed by atoms with Gasteiger partial charge in [-0.15, -0.1) is 4.40 Å². The van der Waals surface area contributed by atoms with Gasteiger partial charge < -0.3 is 26.3 Å². The van der Waals surface area contributed by atoms with Gasteiger partial charge in [-0.1, -0.05) is 12.1 Å². The van der Waals surface area contributed by atoms with Crippen molar-refractivity contribution in [2.75, 3.05) is 29.6 Å². The third kappa shape index (κ3) is 3.56. The summed E-state index contributed by atoms with van der Waals surface area (Å²) >= 11 is 0. The molecule has 3 aromatic rings. The summed E-state index contributed by atoms with van der Waals surface area (Å²) in [7, 11) is -4.38. The number of amidine groups is 1. The Balaban J connectivity index is 1.66. The number of nitrogen functional groups attached to an aromatic ring is 1. The summed E-state index contributed by atoms with van der Waals surface area (Å²) in [6.07, 6.45) is 2.13. The van der Waals surface area contributed by atoms with Gasteiger partial charge in [0.2, 0.25) is 0 Å². The van der Waals surface area contributed by atoms with E-state index in [1.165, 1.54) is 16.8 Å². The first-order valence-electron chi connectivity index (χ1n) is 10.5. The van der Waals surface area contributed by atoms with Crippen LogP contribution in [0.4, 0.5) is 11.4 Å². The molecule has 0 amide bonds. The molecule has 2 aromatic carbocycles. The van der Waals surface area contributed by atoms with Gasteiger partial charge >= 0.3 is 0 Å². The van der Waals surface area contributed by atoms with E-state index in [9.17, 15) is 18.3 Å². The number of nitrogens with one attached hydrogen (secondary N) is 2. The number of nitrogens with two attached hydrogens (primary N) is 1. The number of benzene rings is 2. The maximum atomic E-state index is 13.4. The lowest BCUT2D eigenvalue weighted by Gasteiger charge is -2.22. The minimum atomic E-state index is -4.38. The third-order valence-corrected chi connectivity index (χ3v) is 7.08. The number of rotatable bonds is 6. The zero-order chi connectivity index (χ0) is 24.0. The summed E-state index contributed by atoms with van der Waals surface area (Å²) in [5.41, 5.74) is 8.45. The Morgan fingerprint density at radius 2 is 2.06 bits per heavy atom. The molecule has 2 aliphatic rings. The molecule has 174 valence electrons. The van der Waals surface area contributed by atoms with Gasteiger partial charge in [-0.2, -0.15) is 13.7 Å². The van der Waals surface area contributed by atoms with Crippen LogP contribution in [0.1, 0.15) is 18.4 Å². The van der Waals surface area contributed by atoms with Crippen LogP contribution in [0.3, 0.4) is 0 Å². The molecule has 2 heterocycles. The third-order valence-electron chi connectivity index (χ3n) is 5.70. The van der Waals surface area contributed by atoms with E-state index in [1.807, 2.05) is 0 Å². The normalized spacial score (nSPS) is 16.1. The number of para-hydroxylation sites is 1. The van der Waals surface area contributed by atoms with E-state index in [0.29, 0.717) is 23.4 Å². The van der Waals surface area contributed by atoms with Crippen LogP contribution in [0.5, 0.6) is 11.5 Å². The summed E-state index contributed by atoms with van der Waals surface area (Å²) < 4.78 is 36.4. The lowest BCUT2D eigenvalue weighted by Crippen LogP contribution is -2.37. The van der Waals surface area contributed by atoms with E-state index in [4.69, 9.17) is 15.7 Å². The van der Waals surface area contributed by atoms with Crippen molar-refractivity contribution in [3.8, 4) is 17.6 Å². The molecule has 0 saturated heterocycles. The Morgan fingerprint density at radius 3 is 2.79 bits per heavy atom. The fraction of sp³-hybridized carbons (Fsp3) is 0.227. The SMILES string of the molecule is N#CCOc1ccc2c(c1N)S(=O)(=O)N=C(c1c(O)c3ccccc3n(NCC3CC3)c1=O)N2. The number of pyridine rings is 1. The summed E-state index contributed by atoms with van der Waals surface area (Å²) in [5, 5.41) is 22.9. The van der Waals surface area contributed by atoms with Gasteiger partial charge in [0.25, 0.3) is 15.6 Å². The van der Waals surface area contributed by atoms with Crippen LogP contribution in [-0.4, -0.2) is 37.2 Å². The highest BCUT2D eigenvalue weighted by molar-refractivity contribution is 7.90. The van der Waals surface area contributed by atoms with Crippen molar-refractivity contribution in [1.29, 1.82) is 5.26 Å². The highest BCUT2D eigenvalue weighted by atomic mass is 32.2. The first kappa shape index (κ1) is 21.6. The van der Waals surface area contributed by atoms with Crippen LogP contribution in [0.25, 0.3) is 10.9 Å². The van der Waals surface area contributed by atoms with Crippen LogP contribution >= 0.6 is 0 Å². The molecule has 0 atom stereocenters. The van der Waals surface area contributed by atoms with Crippen molar-refractivity contribution in [2.45, 2.75) is 17.7 Å². The molecule has 5 rings (SSSR count). The topological polar surface area (TPSA) is 172 Å². The number of fused-ring (bicyclic) bond motifs is 2. The molecular formula is C22H20N6O5S. The number of aromatic nitrogens is 1.